The van der Waals surface area contributed by atoms with Crippen molar-refractivity contribution in [2.75, 3.05) is 33.2 Å². The minimum Gasteiger partial charge on any atom is -0.358 e. The molecule has 1 rings (SSSR count). The average Bonchev–Trinajstić information content (AvgIpc) is 2.37. The van der Waals surface area contributed by atoms with Gasteiger partial charge in [0.05, 0.1) is 6.54 Å². The summed E-state index contributed by atoms with van der Waals surface area (Å²) in [4.78, 5) is 25.7. The van der Waals surface area contributed by atoms with Crippen molar-refractivity contribution in [2.45, 2.75) is 38.8 Å². The van der Waals surface area contributed by atoms with Gasteiger partial charge in [-0.25, -0.2) is 0 Å². The van der Waals surface area contributed by atoms with Crippen LogP contribution in [0.4, 0.5) is 0 Å². The standard InChI is InChI=1S/C13H26N4O2/c1-5-13(2,3)16-11(18)9-17-7-6-15-8-10(17)12(19)14-4/h10,15H,5-9H2,1-4H3,(H,14,19)(H,16,18). The SMILES string of the molecule is CCC(C)(C)NC(=O)CN1CCNCC1C(=O)NC. The number of likely N-dealkylation sites (N-methyl/N-ethyl adjacent to an activating group) is 1. The molecule has 0 saturated carbocycles. The summed E-state index contributed by atoms with van der Waals surface area (Å²) >= 11 is 0. The number of nitrogens with one attached hydrogen (secondary N) is 3. The van der Waals surface area contributed by atoms with E-state index < -0.39 is 0 Å². The third kappa shape index (κ3) is 4.80. The number of piperazine rings is 1. The van der Waals surface area contributed by atoms with Crippen molar-refractivity contribution in [3.8, 4) is 0 Å². The Morgan fingerprint density at radius 2 is 2.11 bits per heavy atom. The molecule has 0 aliphatic carbocycles. The number of hydrogen-bond acceptors (Lipinski definition) is 4. The topological polar surface area (TPSA) is 73.5 Å². The number of carbonyl (C=O) groups is 2. The third-order valence-electron chi connectivity index (χ3n) is 3.61. The lowest BCUT2D eigenvalue weighted by molar-refractivity contribution is -0.129. The van der Waals surface area contributed by atoms with Gasteiger partial charge in [-0.3, -0.25) is 14.5 Å². The molecule has 1 aliphatic rings. The molecule has 2 amide bonds. The molecule has 0 aromatic carbocycles. The van der Waals surface area contributed by atoms with Crippen molar-refractivity contribution < 1.29 is 9.59 Å². The summed E-state index contributed by atoms with van der Waals surface area (Å²) in [6.07, 6.45) is 0.874. The summed E-state index contributed by atoms with van der Waals surface area (Å²) in [6, 6.07) is -0.269. The normalized spacial score (nSPS) is 20.9. The molecule has 0 aromatic heterocycles. The minimum atomic E-state index is -0.269. The van der Waals surface area contributed by atoms with E-state index in [9.17, 15) is 9.59 Å². The summed E-state index contributed by atoms with van der Waals surface area (Å²) in [5.74, 6) is -0.0718. The van der Waals surface area contributed by atoms with Gasteiger partial charge in [-0.1, -0.05) is 6.92 Å². The molecule has 1 atom stereocenters. The Balaban J connectivity index is 2.57. The molecular weight excluding hydrogens is 244 g/mol. The van der Waals surface area contributed by atoms with Gasteiger partial charge in [-0.05, 0) is 20.3 Å². The van der Waals surface area contributed by atoms with Crippen molar-refractivity contribution >= 4 is 11.8 Å². The third-order valence-corrected chi connectivity index (χ3v) is 3.61. The number of nitrogens with zero attached hydrogens (tertiary/aromatic N) is 1. The molecule has 1 heterocycles. The Hall–Kier alpha value is -1.14. The van der Waals surface area contributed by atoms with Crippen LogP contribution in [0.25, 0.3) is 0 Å². The fourth-order valence-electron chi connectivity index (χ4n) is 2.05. The minimum absolute atomic E-state index is 0.0253. The first-order valence-corrected chi connectivity index (χ1v) is 6.87. The first-order chi connectivity index (χ1) is 8.89. The smallest absolute Gasteiger partial charge is 0.238 e. The van der Waals surface area contributed by atoms with Gasteiger partial charge in [-0.15, -0.1) is 0 Å². The molecule has 1 aliphatic heterocycles. The molecule has 110 valence electrons. The first kappa shape index (κ1) is 15.9. The van der Waals surface area contributed by atoms with Crippen LogP contribution in [0.3, 0.4) is 0 Å². The highest BCUT2D eigenvalue weighted by Gasteiger charge is 2.30. The van der Waals surface area contributed by atoms with Crippen molar-refractivity contribution in [3.63, 3.8) is 0 Å². The zero-order valence-corrected chi connectivity index (χ0v) is 12.4. The van der Waals surface area contributed by atoms with Gasteiger partial charge in [0.25, 0.3) is 0 Å². The molecule has 0 radical (unpaired) electrons. The van der Waals surface area contributed by atoms with Crippen LogP contribution in [0.15, 0.2) is 0 Å². The van der Waals surface area contributed by atoms with E-state index in [1.807, 2.05) is 25.7 Å². The highest BCUT2D eigenvalue weighted by Crippen LogP contribution is 2.08. The Kier molecular flexibility index (Phi) is 5.75. The number of rotatable bonds is 5. The van der Waals surface area contributed by atoms with E-state index in [1.165, 1.54) is 0 Å². The summed E-state index contributed by atoms with van der Waals surface area (Å²) in [5, 5.41) is 8.82. The van der Waals surface area contributed by atoms with Crippen LogP contribution in [-0.4, -0.2) is 61.5 Å². The van der Waals surface area contributed by atoms with Gasteiger partial charge in [0.2, 0.25) is 11.8 Å². The van der Waals surface area contributed by atoms with Gasteiger partial charge < -0.3 is 16.0 Å². The van der Waals surface area contributed by atoms with Crippen LogP contribution < -0.4 is 16.0 Å². The fraction of sp³-hybridized carbons (Fsp3) is 0.846. The van der Waals surface area contributed by atoms with Gasteiger partial charge in [0, 0.05) is 32.2 Å². The second-order valence-corrected chi connectivity index (χ2v) is 5.59. The van der Waals surface area contributed by atoms with Gasteiger partial charge in [0.15, 0.2) is 0 Å². The van der Waals surface area contributed by atoms with Crippen LogP contribution >= 0.6 is 0 Å². The monoisotopic (exact) mass is 270 g/mol. The van der Waals surface area contributed by atoms with Gasteiger partial charge in [-0.2, -0.15) is 0 Å². The average molecular weight is 270 g/mol. The van der Waals surface area contributed by atoms with Crippen LogP contribution in [-0.2, 0) is 9.59 Å². The lowest BCUT2D eigenvalue weighted by Crippen LogP contribution is -2.60. The molecule has 1 unspecified atom stereocenters. The van der Waals surface area contributed by atoms with E-state index in [1.54, 1.807) is 7.05 Å². The number of hydrogen-bond donors (Lipinski definition) is 3. The van der Waals surface area contributed by atoms with Crippen molar-refractivity contribution in [1.82, 2.24) is 20.9 Å². The molecule has 1 fully saturated rings. The van der Waals surface area contributed by atoms with Crippen molar-refractivity contribution in [1.29, 1.82) is 0 Å². The predicted molar refractivity (Wildman–Crippen MR) is 74.8 cm³/mol. The Bertz CT molecular complexity index is 331. The number of amides is 2. The van der Waals surface area contributed by atoms with Crippen LogP contribution in [0, 0.1) is 0 Å². The molecule has 0 aromatic rings. The highest BCUT2D eigenvalue weighted by molar-refractivity contribution is 5.84. The van der Waals surface area contributed by atoms with E-state index in [4.69, 9.17) is 0 Å². The van der Waals surface area contributed by atoms with Crippen LogP contribution in [0.2, 0.25) is 0 Å². The molecule has 19 heavy (non-hydrogen) atoms. The number of carbonyl (C=O) groups excluding carboxylic acids is 2. The molecule has 1 saturated heterocycles. The van der Waals surface area contributed by atoms with Gasteiger partial charge >= 0.3 is 0 Å². The largest absolute Gasteiger partial charge is 0.358 e. The maximum atomic E-state index is 12.0. The van der Waals surface area contributed by atoms with Crippen molar-refractivity contribution in [3.05, 3.63) is 0 Å². The van der Waals surface area contributed by atoms with E-state index in [2.05, 4.69) is 16.0 Å². The van der Waals surface area contributed by atoms with E-state index in [0.717, 1.165) is 13.0 Å². The van der Waals surface area contributed by atoms with Crippen molar-refractivity contribution in [2.24, 2.45) is 0 Å². The maximum absolute atomic E-state index is 12.0. The van der Waals surface area contributed by atoms with E-state index in [-0.39, 0.29) is 29.9 Å². The zero-order chi connectivity index (χ0) is 14.5. The fourth-order valence-corrected chi connectivity index (χ4v) is 2.05. The molecule has 6 nitrogen and oxygen atoms in total. The van der Waals surface area contributed by atoms with Crippen LogP contribution in [0.5, 0.6) is 0 Å². The summed E-state index contributed by atoms with van der Waals surface area (Å²) < 4.78 is 0. The molecule has 6 heteroatoms. The predicted octanol–water partition coefficient (Wildman–Crippen LogP) is -0.689. The second-order valence-electron chi connectivity index (χ2n) is 5.59. The second kappa shape index (κ2) is 6.86. The zero-order valence-electron chi connectivity index (χ0n) is 12.4. The summed E-state index contributed by atoms with van der Waals surface area (Å²) in [6.45, 7) is 8.40. The molecular formula is C13H26N4O2. The Morgan fingerprint density at radius 3 is 2.68 bits per heavy atom. The summed E-state index contributed by atoms with van der Waals surface area (Å²) in [5.41, 5.74) is -0.201. The Labute approximate surface area is 115 Å². The Morgan fingerprint density at radius 1 is 1.42 bits per heavy atom. The molecule has 0 bridgehead atoms. The molecule has 0 spiro atoms. The lowest BCUT2D eigenvalue weighted by Gasteiger charge is -2.35. The summed E-state index contributed by atoms with van der Waals surface area (Å²) in [7, 11) is 1.62. The van der Waals surface area contributed by atoms with E-state index in [0.29, 0.717) is 13.1 Å². The first-order valence-electron chi connectivity index (χ1n) is 6.87. The van der Waals surface area contributed by atoms with E-state index >= 15 is 0 Å². The quantitative estimate of drug-likeness (QED) is 0.618. The van der Waals surface area contributed by atoms with Gasteiger partial charge in [0.1, 0.15) is 6.04 Å². The lowest BCUT2D eigenvalue weighted by atomic mass is 10.0. The molecule has 3 N–H and O–H groups in total. The maximum Gasteiger partial charge on any atom is 0.238 e. The highest BCUT2D eigenvalue weighted by atomic mass is 16.2. The van der Waals surface area contributed by atoms with Crippen LogP contribution in [0.1, 0.15) is 27.2 Å².